The van der Waals surface area contributed by atoms with E-state index in [4.69, 9.17) is 0 Å². The lowest BCUT2D eigenvalue weighted by Gasteiger charge is -2.24. The molecule has 1 amide bonds. The summed E-state index contributed by atoms with van der Waals surface area (Å²) in [4.78, 5) is 22.4. The first kappa shape index (κ1) is 17.4. The number of hydrogen-bond acceptors (Lipinski definition) is 4. The summed E-state index contributed by atoms with van der Waals surface area (Å²) in [6.45, 7) is 1.82. The standard InChI is InChI=1S/C17H24FN3O2/c1-19-17(23)16(3-2-10-22)21-13-4-5-14(15(18)11-13)12-6-8-20-9-7-12/h4-5,10-12,16,20-21H,2-3,6-9H2,1H3,(H,19,23). The fraction of sp³-hybridized carbons (Fsp3) is 0.529. The van der Waals surface area contributed by atoms with Crippen molar-refractivity contribution in [2.75, 3.05) is 25.5 Å². The molecule has 1 aliphatic rings. The van der Waals surface area contributed by atoms with Crippen LogP contribution < -0.4 is 16.0 Å². The van der Waals surface area contributed by atoms with E-state index in [9.17, 15) is 14.0 Å². The first-order valence-corrected chi connectivity index (χ1v) is 8.07. The molecule has 1 fully saturated rings. The molecule has 23 heavy (non-hydrogen) atoms. The summed E-state index contributed by atoms with van der Waals surface area (Å²) in [5.41, 5.74) is 1.29. The topological polar surface area (TPSA) is 70.2 Å². The van der Waals surface area contributed by atoms with E-state index in [1.54, 1.807) is 19.2 Å². The van der Waals surface area contributed by atoms with E-state index in [1.807, 2.05) is 0 Å². The van der Waals surface area contributed by atoms with Gasteiger partial charge in [0.25, 0.3) is 0 Å². The smallest absolute Gasteiger partial charge is 0.242 e. The van der Waals surface area contributed by atoms with Crippen LogP contribution in [0.3, 0.4) is 0 Å². The van der Waals surface area contributed by atoms with E-state index in [0.29, 0.717) is 12.1 Å². The third kappa shape index (κ3) is 4.76. The molecule has 126 valence electrons. The van der Waals surface area contributed by atoms with Crippen molar-refractivity contribution in [3.8, 4) is 0 Å². The number of carbonyl (C=O) groups is 2. The zero-order valence-corrected chi connectivity index (χ0v) is 13.4. The average molecular weight is 321 g/mol. The first-order valence-electron chi connectivity index (χ1n) is 8.07. The number of rotatable bonds is 7. The van der Waals surface area contributed by atoms with Crippen molar-refractivity contribution in [1.29, 1.82) is 0 Å². The summed E-state index contributed by atoms with van der Waals surface area (Å²) in [6.07, 6.45) is 3.30. The maximum atomic E-state index is 14.4. The van der Waals surface area contributed by atoms with Crippen molar-refractivity contribution in [3.63, 3.8) is 0 Å². The fourth-order valence-corrected chi connectivity index (χ4v) is 2.96. The van der Waals surface area contributed by atoms with Crippen molar-refractivity contribution < 1.29 is 14.0 Å². The summed E-state index contributed by atoms with van der Waals surface area (Å²) in [5.74, 6) is -0.210. The highest BCUT2D eigenvalue weighted by atomic mass is 19.1. The van der Waals surface area contributed by atoms with E-state index in [2.05, 4.69) is 16.0 Å². The summed E-state index contributed by atoms with van der Waals surface area (Å²) in [6, 6.07) is 4.49. The van der Waals surface area contributed by atoms with Crippen LogP contribution >= 0.6 is 0 Å². The van der Waals surface area contributed by atoms with Gasteiger partial charge >= 0.3 is 0 Å². The van der Waals surface area contributed by atoms with Crippen molar-refractivity contribution in [3.05, 3.63) is 29.6 Å². The van der Waals surface area contributed by atoms with Gasteiger partial charge in [-0.15, -0.1) is 0 Å². The Morgan fingerprint density at radius 1 is 1.43 bits per heavy atom. The van der Waals surface area contributed by atoms with Gasteiger partial charge in [0, 0.05) is 19.2 Å². The van der Waals surface area contributed by atoms with Crippen LogP contribution in [0.5, 0.6) is 0 Å². The van der Waals surface area contributed by atoms with Gasteiger partial charge in [0.15, 0.2) is 0 Å². The maximum Gasteiger partial charge on any atom is 0.242 e. The van der Waals surface area contributed by atoms with Crippen LogP contribution in [-0.2, 0) is 9.59 Å². The molecule has 0 aromatic heterocycles. The molecule has 3 N–H and O–H groups in total. The number of amides is 1. The van der Waals surface area contributed by atoms with Crippen molar-refractivity contribution in [1.82, 2.24) is 10.6 Å². The van der Waals surface area contributed by atoms with Crippen LogP contribution in [0.4, 0.5) is 10.1 Å². The molecule has 1 atom stereocenters. The fourth-order valence-electron chi connectivity index (χ4n) is 2.96. The number of anilines is 1. The molecule has 1 aromatic carbocycles. The maximum absolute atomic E-state index is 14.4. The Bertz CT molecular complexity index is 545. The number of halogens is 1. The molecular weight excluding hydrogens is 297 g/mol. The minimum Gasteiger partial charge on any atom is -0.374 e. The second kappa shape index (κ2) is 8.62. The zero-order valence-electron chi connectivity index (χ0n) is 13.4. The van der Waals surface area contributed by atoms with Crippen LogP contribution in [0, 0.1) is 5.82 Å². The molecular formula is C17H24FN3O2. The monoisotopic (exact) mass is 321 g/mol. The lowest BCUT2D eigenvalue weighted by molar-refractivity contribution is -0.121. The van der Waals surface area contributed by atoms with E-state index < -0.39 is 6.04 Å². The lowest BCUT2D eigenvalue weighted by Crippen LogP contribution is -2.37. The minimum absolute atomic E-state index is 0.213. The van der Waals surface area contributed by atoms with Crippen LogP contribution in [0.15, 0.2) is 18.2 Å². The Hall–Kier alpha value is -1.95. The molecule has 2 rings (SSSR count). The number of nitrogens with one attached hydrogen (secondary N) is 3. The highest BCUT2D eigenvalue weighted by molar-refractivity contribution is 5.84. The molecule has 0 spiro atoms. The first-order chi connectivity index (χ1) is 11.2. The third-order valence-electron chi connectivity index (χ3n) is 4.26. The molecule has 1 unspecified atom stereocenters. The van der Waals surface area contributed by atoms with Gasteiger partial charge in [-0.1, -0.05) is 6.07 Å². The van der Waals surface area contributed by atoms with Gasteiger partial charge in [-0.05, 0) is 56.0 Å². The molecule has 1 aromatic rings. The van der Waals surface area contributed by atoms with E-state index >= 15 is 0 Å². The quantitative estimate of drug-likeness (QED) is 0.670. The summed E-state index contributed by atoms with van der Waals surface area (Å²) in [5, 5.41) is 8.84. The van der Waals surface area contributed by atoms with Crippen molar-refractivity contribution in [2.45, 2.75) is 37.6 Å². The van der Waals surface area contributed by atoms with Crippen LogP contribution in [0.25, 0.3) is 0 Å². The van der Waals surface area contributed by atoms with E-state index in [0.717, 1.165) is 37.8 Å². The van der Waals surface area contributed by atoms with Crippen LogP contribution in [0.1, 0.15) is 37.2 Å². The Balaban J connectivity index is 2.08. The summed E-state index contributed by atoms with van der Waals surface area (Å²) >= 11 is 0. The number of benzene rings is 1. The number of aldehydes is 1. The molecule has 1 saturated heterocycles. The van der Waals surface area contributed by atoms with Gasteiger partial charge in [0.2, 0.25) is 5.91 Å². The molecule has 6 heteroatoms. The predicted molar refractivity (Wildman–Crippen MR) is 88.0 cm³/mol. The molecule has 1 heterocycles. The van der Waals surface area contributed by atoms with Crippen molar-refractivity contribution >= 4 is 17.9 Å². The third-order valence-corrected chi connectivity index (χ3v) is 4.26. The minimum atomic E-state index is -0.547. The van der Waals surface area contributed by atoms with Crippen LogP contribution in [-0.4, -0.2) is 38.4 Å². The summed E-state index contributed by atoms with van der Waals surface area (Å²) < 4.78 is 14.4. The van der Waals surface area contributed by atoms with Gasteiger partial charge < -0.3 is 20.7 Å². The number of carbonyl (C=O) groups excluding carboxylic acids is 2. The number of piperidine rings is 1. The van der Waals surface area contributed by atoms with Gasteiger partial charge in [0.05, 0.1) is 0 Å². The molecule has 0 saturated carbocycles. The van der Waals surface area contributed by atoms with Gasteiger partial charge in [-0.2, -0.15) is 0 Å². The van der Waals surface area contributed by atoms with Crippen molar-refractivity contribution in [2.24, 2.45) is 0 Å². The zero-order chi connectivity index (χ0) is 16.7. The Labute approximate surface area is 136 Å². The second-order valence-corrected chi connectivity index (χ2v) is 5.82. The van der Waals surface area contributed by atoms with Gasteiger partial charge in [-0.25, -0.2) is 4.39 Å². The molecule has 0 aliphatic carbocycles. The SMILES string of the molecule is CNC(=O)C(CCC=O)Nc1ccc(C2CCNCC2)c(F)c1. The Kier molecular flexibility index (Phi) is 6.52. The van der Waals surface area contributed by atoms with Gasteiger partial charge in [0.1, 0.15) is 18.1 Å². The highest BCUT2D eigenvalue weighted by Crippen LogP contribution is 2.29. The lowest BCUT2D eigenvalue weighted by atomic mass is 9.90. The predicted octanol–water partition coefficient (Wildman–Crippen LogP) is 1.80. The molecule has 5 nitrogen and oxygen atoms in total. The Morgan fingerprint density at radius 2 is 2.17 bits per heavy atom. The normalized spacial score (nSPS) is 16.6. The van der Waals surface area contributed by atoms with Crippen LogP contribution in [0.2, 0.25) is 0 Å². The summed E-state index contributed by atoms with van der Waals surface area (Å²) in [7, 11) is 1.54. The average Bonchev–Trinajstić information content (AvgIpc) is 2.58. The van der Waals surface area contributed by atoms with E-state index in [1.165, 1.54) is 6.07 Å². The molecule has 0 radical (unpaired) electrons. The second-order valence-electron chi connectivity index (χ2n) is 5.82. The van der Waals surface area contributed by atoms with Gasteiger partial charge in [-0.3, -0.25) is 4.79 Å². The molecule has 0 bridgehead atoms. The number of likely N-dealkylation sites (N-methyl/N-ethyl adjacent to an activating group) is 1. The van der Waals surface area contributed by atoms with E-state index in [-0.39, 0.29) is 24.1 Å². The Morgan fingerprint density at radius 3 is 2.78 bits per heavy atom. The number of hydrogen-bond donors (Lipinski definition) is 3. The molecule has 1 aliphatic heterocycles. The largest absolute Gasteiger partial charge is 0.374 e. The highest BCUT2D eigenvalue weighted by Gasteiger charge is 2.20.